The summed E-state index contributed by atoms with van der Waals surface area (Å²) >= 11 is 7.23. The lowest BCUT2D eigenvalue weighted by molar-refractivity contribution is 0.627. The van der Waals surface area contributed by atoms with E-state index < -0.39 is 0 Å². The summed E-state index contributed by atoms with van der Waals surface area (Å²) in [6, 6.07) is 11.0. The van der Waals surface area contributed by atoms with E-state index in [2.05, 4.69) is 4.98 Å². The van der Waals surface area contributed by atoms with E-state index in [-0.39, 0.29) is 11.4 Å². The maximum atomic E-state index is 12.9. The Labute approximate surface area is 134 Å². The van der Waals surface area contributed by atoms with E-state index in [1.54, 1.807) is 30.3 Å². The van der Waals surface area contributed by atoms with Gasteiger partial charge in [0, 0.05) is 10.8 Å². The minimum atomic E-state index is -0.330. The molecule has 0 amide bonds. The Balaban J connectivity index is 1.94. The van der Waals surface area contributed by atoms with Gasteiger partial charge in [-0.15, -0.1) is 0 Å². The molecule has 1 heterocycles. The second kappa shape index (κ2) is 5.98. The number of aromatic nitrogens is 2. The van der Waals surface area contributed by atoms with Gasteiger partial charge in [0.05, 0.1) is 10.9 Å². The van der Waals surface area contributed by atoms with Gasteiger partial charge in [0.15, 0.2) is 5.16 Å². The molecule has 0 fully saturated rings. The SMILES string of the molecule is Nn1c(SCc2ccc(F)cc2)nc2cc(Cl)ccc2c1=O. The van der Waals surface area contributed by atoms with Crippen LogP contribution in [-0.4, -0.2) is 9.66 Å². The number of thioether (sulfide) groups is 1. The highest BCUT2D eigenvalue weighted by atomic mass is 35.5. The van der Waals surface area contributed by atoms with Crippen molar-refractivity contribution in [2.45, 2.75) is 10.9 Å². The van der Waals surface area contributed by atoms with E-state index in [1.807, 2.05) is 0 Å². The molecule has 0 saturated carbocycles. The smallest absolute Gasteiger partial charge is 0.280 e. The molecule has 1 aromatic heterocycles. The van der Waals surface area contributed by atoms with E-state index in [9.17, 15) is 9.18 Å². The van der Waals surface area contributed by atoms with Crippen LogP contribution in [0.2, 0.25) is 5.02 Å². The standard InChI is InChI=1S/C15H11ClFN3OS/c16-10-3-6-12-13(7-10)19-15(20(18)14(12)21)22-8-9-1-4-11(17)5-2-9/h1-7H,8,18H2. The maximum absolute atomic E-state index is 12.9. The number of fused-ring (bicyclic) bond motifs is 1. The van der Waals surface area contributed by atoms with Crippen LogP contribution in [0.5, 0.6) is 0 Å². The molecule has 2 N–H and O–H groups in total. The van der Waals surface area contributed by atoms with Crippen LogP contribution >= 0.6 is 23.4 Å². The Morgan fingerprint density at radius 3 is 2.68 bits per heavy atom. The Hall–Kier alpha value is -2.05. The number of nitrogens with zero attached hydrogens (tertiary/aromatic N) is 2. The van der Waals surface area contributed by atoms with Crippen molar-refractivity contribution < 1.29 is 4.39 Å². The first-order valence-corrected chi connectivity index (χ1v) is 7.75. The number of hydrogen-bond donors (Lipinski definition) is 1. The summed E-state index contributed by atoms with van der Waals surface area (Å²) in [5.74, 6) is 6.04. The highest BCUT2D eigenvalue weighted by Crippen LogP contribution is 2.22. The monoisotopic (exact) mass is 335 g/mol. The first-order valence-electron chi connectivity index (χ1n) is 6.39. The predicted octanol–water partition coefficient (Wildman–Crippen LogP) is 3.20. The highest BCUT2D eigenvalue weighted by Gasteiger charge is 2.10. The number of nitrogen functional groups attached to an aromatic ring is 1. The van der Waals surface area contributed by atoms with Gasteiger partial charge in [0.25, 0.3) is 5.56 Å². The van der Waals surface area contributed by atoms with E-state index >= 15 is 0 Å². The quantitative estimate of drug-likeness (QED) is 0.453. The fourth-order valence-electron chi connectivity index (χ4n) is 1.98. The van der Waals surface area contributed by atoms with E-state index in [0.29, 0.717) is 26.8 Å². The molecule has 0 aliphatic heterocycles. The van der Waals surface area contributed by atoms with Gasteiger partial charge in [-0.05, 0) is 35.9 Å². The predicted molar refractivity (Wildman–Crippen MR) is 87.1 cm³/mol. The fraction of sp³-hybridized carbons (Fsp3) is 0.0667. The topological polar surface area (TPSA) is 60.9 Å². The van der Waals surface area contributed by atoms with Gasteiger partial charge in [-0.2, -0.15) is 0 Å². The van der Waals surface area contributed by atoms with Gasteiger partial charge < -0.3 is 5.84 Å². The summed E-state index contributed by atoms with van der Waals surface area (Å²) in [4.78, 5) is 16.6. The molecule has 4 nitrogen and oxygen atoms in total. The molecule has 3 rings (SSSR count). The van der Waals surface area contributed by atoms with Crippen LogP contribution in [-0.2, 0) is 5.75 Å². The number of rotatable bonds is 3. The second-order valence-electron chi connectivity index (χ2n) is 4.65. The maximum Gasteiger partial charge on any atom is 0.280 e. The van der Waals surface area contributed by atoms with Crippen molar-refractivity contribution in [2.24, 2.45) is 0 Å². The molecule has 0 aliphatic rings. The van der Waals surface area contributed by atoms with Crippen LogP contribution < -0.4 is 11.4 Å². The average molecular weight is 336 g/mol. The molecule has 0 atom stereocenters. The van der Waals surface area contributed by atoms with Crippen LogP contribution in [0.15, 0.2) is 52.4 Å². The Morgan fingerprint density at radius 1 is 1.23 bits per heavy atom. The van der Waals surface area contributed by atoms with Gasteiger partial charge in [0.1, 0.15) is 5.82 Å². The Kier molecular flexibility index (Phi) is 4.04. The van der Waals surface area contributed by atoms with E-state index in [1.165, 1.54) is 23.9 Å². The van der Waals surface area contributed by atoms with Crippen LogP contribution in [0, 0.1) is 5.82 Å². The van der Waals surface area contributed by atoms with Crippen LogP contribution in [0.3, 0.4) is 0 Å². The molecule has 0 spiro atoms. The van der Waals surface area contributed by atoms with Crippen LogP contribution in [0.25, 0.3) is 10.9 Å². The molecule has 0 aliphatic carbocycles. The molecular weight excluding hydrogens is 325 g/mol. The largest absolute Gasteiger partial charge is 0.334 e. The third kappa shape index (κ3) is 2.93. The van der Waals surface area contributed by atoms with Crippen molar-refractivity contribution in [1.29, 1.82) is 0 Å². The lowest BCUT2D eigenvalue weighted by Gasteiger charge is -2.08. The molecule has 2 aromatic carbocycles. The second-order valence-corrected chi connectivity index (χ2v) is 6.03. The van der Waals surface area contributed by atoms with Crippen LogP contribution in [0.4, 0.5) is 4.39 Å². The minimum Gasteiger partial charge on any atom is -0.334 e. The van der Waals surface area contributed by atoms with Gasteiger partial charge in [-0.1, -0.05) is 35.5 Å². The zero-order chi connectivity index (χ0) is 15.7. The van der Waals surface area contributed by atoms with Crippen molar-refractivity contribution in [3.63, 3.8) is 0 Å². The third-order valence-corrected chi connectivity index (χ3v) is 4.37. The average Bonchev–Trinajstić information content (AvgIpc) is 2.51. The Morgan fingerprint density at radius 2 is 1.95 bits per heavy atom. The molecule has 0 radical (unpaired) electrons. The van der Waals surface area contributed by atoms with Crippen molar-refractivity contribution in [3.05, 3.63) is 69.2 Å². The van der Waals surface area contributed by atoms with Crippen molar-refractivity contribution in [3.8, 4) is 0 Å². The van der Waals surface area contributed by atoms with Crippen LogP contribution in [0.1, 0.15) is 5.56 Å². The summed E-state index contributed by atoms with van der Waals surface area (Å²) < 4.78 is 13.9. The van der Waals surface area contributed by atoms with Gasteiger partial charge in [0.2, 0.25) is 0 Å². The highest BCUT2D eigenvalue weighted by molar-refractivity contribution is 7.98. The number of nitrogens with two attached hydrogens (primary N) is 1. The zero-order valence-electron chi connectivity index (χ0n) is 11.3. The normalized spacial score (nSPS) is 11.0. The van der Waals surface area contributed by atoms with Gasteiger partial charge in [-0.3, -0.25) is 4.79 Å². The summed E-state index contributed by atoms with van der Waals surface area (Å²) in [6.07, 6.45) is 0. The lowest BCUT2D eigenvalue weighted by Crippen LogP contribution is -2.29. The molecule has 7 heteroatoms. The van der Waals surface area contributed by atoms with Crippen molar-refractivity contribution >= 4 is 34.3 Å². The molecule has 22 heavy (non-hydrogen) atoms. The minimum absolute atomic E-state index is 0.289. The van der Waals surface area contributed by atoms with E-state index in [0.717, 1.165) is 10.2 Å². The molecule has 0 unspecified atom stereocenters. The van der Waals surface area contributed by atoms with Gasteiger partial charge in [-0.25, -0.2) is 14.1 Å². The first kappa shape index (κ1) is 14.9. The number of benzene rings is 2. The lowest BCUT2D eigenvalue weighted by atomic mass is 10.2. The molecular formula is C15H11ClFN3OS. The summed E-state index contributed by atoms with van der Waals surface area (Å²) in [6.45, 7) is 0. The molecule has 112 valence electrons. The molecule has 0 saturated heterocycles. The van der Waals surface area contributed by atoms with Crippen molar-refractivity contribution in [1.82, 2.24) is 9.66 Å². The molecule has 0 bridgehead atoms. The third-order valence-electron chi connectivity index (χ3n) is 3.11. The Bertz CT molecular complexity index is 896. The number of hydrogen-bond acceptors (Lipinski definition) is 4. The number of halogens is 2. The summed E-state index contributed by atoms with van der Waals surface area (Å²) in [5.41, 5.74) is 1.08. The first-order chi connectivity index (χ1) is 10.5. The van der Waals surface area contributed by atoms with Gasteiger partial charge >= 0.3 is 0 Å². The summed E-state index contributed by atoms with van der Waals surface area (Å²) in [7, 11) is 0. The fourth-order valence-corrected chi connectivity index (χ4v) is 3.02. The summed E-state index contributed by atoms with van der Waals surface area (Å²) in [5, 5.41) is 1.30. The zero-order valence-corrected chi connectivity index (χ0v) is 12.9. The molecule has 3 aromatic rings. The van der Waals surface area contributed by atoms with Crippen molar-refractivity contribution in [2.75, 3.05) is 5.84 Å². The van der Waals surface area contributed by atoms with E-state index in [4.69, 9.17) is 17.4 Å².